The van der Waals surface area contributed by atoms with Gasteiger partial charge in [0.05, 0.1) is 11.9 Å². The van der Waals surface area contributed by atoms with Crippen LogP contribution in [0.2, 0.25) is 0 Å². The van der Waals surface area contributed by atoms with E-state index in [1.165, 1.54) is 20.8 Å². The Hall–Kier alpha value is -1.16. The zero-order chi connectivity index (χ0) is 18.1. The summed E-state index contributed by atoms with van der Waals surface area (Å²) in [6.45, 7) is 7.89. The first-order chi connectivity index (χ1) is 11.1. The number of ether oxygens (including phenoxy) is 4. The number of thioether (sulfide) groups is 1. The van der Waals surface area contributed by atoms with Crippen molar-refractivity contribution in [2.75, 3.05) is 6.61 Å². The van der Waals surface area contributed by atoms with Crippen LogP contribution in [0.1, 0.15) is 34.6 Å². The van der Waals surface area contributed by atoms with Crippen molar-refractivity contribution >= 4 is 28.8 Å². The van der Waals surface area contributed by atoms with Crippen LogP contribution in [0.25, 0.3) is 0 Å². The molecular weight excluding hydrogens is 338 g/mol. The maximum Gasteiger partial charge on any atom is 0.305 e. The Kier molecular flexibility index (Phi) is 5.90. The molecule has 8 nitrogen and oxygen atoms in total. The molecule has 0 unspecified atom stereocenters. The minimum absolute atomic E-state index is 0.134. The summed E-state index contributed by atoms with van der Waals surface area (Å²) in [5, 5.41) is 2.12. The summed E-state index contributed by atoms with van der Waals surface area (Å²) in [6.07, 6.45) is -1.99. The Morgan fingerprint density at radius 3 is 2.33 bits per heavy atom. The van der Waals surface area contributed by atoms with E-state index in [4.69, 9.17) is 18.9 Å². The number of rotatable bonds is 4. The Morgan fingerprint density at radius 2 is 1.88 bits per heavy atom. The molecule has 0 aromatic carbocycles. The van der Waals surface area contributed by atoms with Gasteiger partial charge in [-0.2, -0.15) is 0 Å². The highest BCUT2D eigenvalue weighted by molar-refractivity contribution is 8.14. The van der Waals surface area contributed by atoms with Gasteiger partial charge >= 0.3 is 5.97 Å². The van der Waals surface area contributed by atoms with Crippen molar-refractivity contribution in [3.05, 3.63) is 0 Å². The SMILES string of the molecule is CC(=O)N[C@@H]1[C@@H](OC(C)=O)O[C@H]([C@H]2COC(C)(C)O2)[C@@H]1SC(C)=O. The summed E-state index contributed by atoms with van der Waals surface area (Å²) in [5.41, 5.74) is 0. The molecule has 0 aromatic heterocycles. The standard InChI is InChI=1S/C15H23NO7S/c1-7(17)16-11-13(24-9(3)19)12(22-14(11)21-8(2)18)10-6-20-15(4,5)23-10/h10-14H,6H2,1-5H3,(H,16,17)/t10-,11+,12-,13-,14+/m1/s1. The summed E-state index contributed by atoms with van der Waals surface area (Å²) in [5.74, 6) is -1.60. The van der Waals surface area contributed by atoms with Crippen molar-refractivity contribution in [2.45, 2.75) is 70.2 Å². The van der Waals surface area contributed by atoms with Gasteiger partial charge in [0.15, 0.2) is 10.9 Å². The predicted octanol–water partition coefficient (Wildman–Crippen LogP) is 0.579. The number of hydrogen-bond acceptors (Lipinski definition) is 8. The molecule has 0 radical (unpaired) electrons. The second-order valence-corrected chi connectivity index (χ2v) is 7.60. The topological polar surface area (TPSA) is 100 Å². The molecule has 9 heteroatoms. The fourth-order valence-electron chi connectivity index (χ4n) is 2.83. The van der Waals surface area contributed by atoms with Crippen LogP contribution >= 0.6 is 11.8 Å². The molecule has 2 saturated heterocycles. The second-order valence-electron chi connectivity index (χ2n) is 6.25. The average molecular weight is 361 g/mol. The second kappa shape index (κ2) is 7.38. The Morgan fingerprint density at radius 1 is 1.21 bits per heavy atom. The van der Waals surface area contributed by atoms with E-state index in [0.29, 0.717) is 0 Å². The first-order valence-corrected chi connectivity index (χ1v) is 8.56. The summed E-state index contributed by atoms with van der Waals surface area (Å²) in [4.78, 5) is 34.5. The number of esters is 1. The maximum absolute atomic E-state index is 11.7. The van der Waals surface area contributed by atoms with E-state index < -0.39 is 41.5 Å². The number of hydrogen-bond donors (Lipinski definition) is 1. The third-order valence-corrected chi connectivity index (χ3v) is 4.78. The first-order valence-electron chi connectivity index (χ1n) is 7.68. The van der Waals surface area contributed by atoms with E-state index in [9.17, 15) is 14.4 Å². The van der Waals surface area contributed by atoms with Gasteiger partial charge in [-0.25, -0.2) is 0 Å². The van der Waals surface area contributed by atoms with Crippen molar-refractivity contribution in [1.29, 1.82) is 0 Å². The van der Waals surface area contributed by atoms with Crippen LogP contribution in [0.4, 0.5) is 0 Å². The van der Waals surface area contributed by atoms with Crippen molar-refractivity contribution in [2.24, 2.45) is 0 Å². The normalized spacial score (nSPS) is 34.8. The van der Waals surface area contributed by atoms with Crippen LogP contribution in [0.15, 0.2) is 0 Å². The molecule has 1 N–H and O–H groups in total. The molecule has 2 rings (SSSR count). The average Bonchev–Trinajstić information content (AvgIpc) is 2.91. The van der Waals surface area contributed by atoms with E-state index in [0.717, 1.165) is 11.8 Å². The highest BCUT2D eigenvalue weighted by Crippen LogP contribution is 2.38. The highest BCUT2D eigenvalue weighted by Gasteiger charge is 2.53. The Labute approximate surface area is 144 Å². The summed E-state index contributed by atoms with van der Waals surface area (Å²) < 4.78 is 22.4. The van der Waals surface area contributed by atoms with Crippen molar-refractivity contribution in [1.82, 2.24) is 5.32 Å². The summed E-state index contributed by atoms with van der Waals surface area (Å²) in [7, 11) is 0. The lowest BCUT2D eigenvalue weighted by Gasteiger charge is -2.25. The van der Waals surface area contributed by atoms with E-state index >= 15 is 0 Å². The molecule has 24 heavy (non-hydrogen) atoms. The lowest BCUT2D eigenvalue weighted by atomic mass is 10.1. The molecule has 2 fully saturated rings. The number of carbonyl (C=O) groups excluding carboxylic acids is 3. The third-order valence-electron chi connectivity index (χ3n) is 3.61. The molecular formula is C15H23NO7S. The van der Waals surface area contributed by atoms with E-state index in [1.54, 1.807) is 13.8 Å². The molecule has 5 atom stereocenters. The van der Waals surface area contributed by atoms with Gasteiger partial charge in [-0.3, -0.25) is 14.4 Å². The monoisotopic (exact) mass is 361 g/mol. The van der Waals surface area contributed by atoms with Gasteiger partial charge in [0.2, 0.25) is 12.2 Å². The summed E-state index contributed by atoms with van der Waals surface area (Å²) >= 11 is 1.03. The summed E-state index contributed by atoms with van der Waals surface area (Å²) in [6, 6.07) is -0.655. The minimum Gasteiger partial charge on any atom is -0.434 e. The van der Waals surface area contributed by atoms with Crippen molar-refractivity contribution in [3.63, 3.8) is 0 Å². The van der Waals surface area contributed by atoms with E-state index in [-0.39, 0.29) is 17.6 Å². The fraction of sp³-hybridized carbons (Fsp3) is 0.800. The minimum atomic E-state index is -0.986. The van der Waals surface area contributed by atoms with Crippen LogP contribution in [0.3, 0.4) is 0 Å². The third kappa shape index (κ3) is 4.69. The lowest BCUT2D eigenvalue weighted by molar-refractivity contribution is -0.191. The molecule has 0 aromatic rings. The lowest BCUT2D eigenvalue weighted by Crippen LogP contribution is -2.48. The highest BCUT2D eigenvalue weighted by atomic mass is 32.2. The molecule has 0 spiro atoms. The Bertz CT molecular complexity index is 524. The van der Waals surface area contributed by atoms with Crippen LogP contribution < -0.4 is 5.32 Å². The number of carbonyl (C=O) groups is 3. The van der Waals surface area contributed by atoms with Gasteiger partial charge in [-0.15, -0.1) is 0 Å². The van der Waals surface area contributed by atoms with Crippen LogP contribution in [-0.4, -0.2) is 59.2 Å². The molecule has 2 heterocycles. The van der Waals surface area contributed by atoms with Gasteiger partial charge < -0.3 is 24.3 Å². The van der Waals surface area contributed by atoms with Gasteiger partial charge in [-0.1, -0.05) is 11.8 Å². The zero-order valence-electron chi connectivity index (χ0n) is 14.4. The molecule has 2 aliphatic rings. The van der Waals surface area contributed by atoms with E-state index in [2.05, 4.69) is 5.32 Å². The van der Waals surface area contributed by atoms with Crippen LogP contribution in [0, 0.1) is 0 Å². The molecule has 0 bridgehead atoms. The fourth-order valence-corrected chi connectivity index (χ4v) is 3.93. The predicted molar refractivity (Wildman–Crippen MR) is 85.0 cm³/mol. The van der Waals surface area contributed by atoms with Crippen LogP contribution in [0.5, 0.6) is 0 Å². The molecule has 1 amide bonds. The molecule has 0 aliphatic carbocycles. The van der Waals surface area contributed by atoms with E-state index in [1.807, 2.05) is 0 Å². The van der Waals surface area contributed by atoms with Crippen molar-refractivity contribution in [3.8, 4) is 0 Å². The number of nitrogens with one attached hydrogen (secondary N) is 1. The smallest absolute Gasteiger partial charge is 0.305 e. The van der Waals surface area contributed by atoms with Gasteiger partial charge in [0.25, 0.3) is 0 Å². The zero-order valence-corrected chi connectivity index (χ0v) is 15.2. The largest absolute Gasteiger partial charge is 0.434 e. The van der Waals surface area contributed by atoms with Gasteiger partial charge in [0, 0.05) is 20.8 Å². The molecule has 2 aliphatic heterocycles. The van der Waals surface area contributed by atoms with Gasteiger partial charge in [-0.05, 0) is 13.8 Å². The van der Waals surface area contributed by atoms with Crippen LogP contribution in [-0.2, 0) is 33.3 Å². The van der Waals surface area contributed by atoms with Crippen molar-refractivity contribution < 1.29 is 33.3 Å². The Balaban J connectivity index is 2.25. The molecule has 0 saturated carbocycles. The maximum atomic E-state index is 11.7. The molecule has 136 valence electrons. The number of amides is 1. The first kappa shape index (κ1) is 19.2. The van der Waals surface area contributed by atoms with Gasteiger partial charge in [0.1, 0.15) is 18.2 Å². The quantitative estimate of drug-likeness (QED) is 0.726.